The predicted molar refractivity (Wildman–Crippen MR) is 69.1 cm³/mol. The summed E-state index contributed by atoms with van der Waals surface area (Å²) in [5.41, 5.74) is 0.987. The molecule has 0 amide bonds. The van der Waals surface area contributed by atoms with E-state index in [1.54, 1.807) is 6.08 Å². The summed E-state index contributed by atoms with van der Waals surface area (Å²) in [4.78, 5) is 20.2. The van der Waals surface area contributed by atoms with Gasteiger partial charge in [0.15, 0.2) is 15.7 Å². The Kier molecular flexibility index (Phi) is 2.64. The molecule has 0 bridgehead atoms. The average Bonchev–Trinajstić information content (AvgIpc) is 2.93. The number of allylic oxidation sites excluding steroid dienone is 1. The molecular weight excluding hydrogens is 272 g/mol. The third-order valence-electron chi connectivity index (χ3n) is 2.55. The van der Waals surface area contributed by atoms with E-state index in [0.717, 1.165) is 10.6 Å². The molecule has 18 heavy (non-hydrogen) atoms. The lowest BCUT2D eigenvalue weighted by Crippen LogP contribution is -1.96. The molecule has 0 unspecified atom stereocenters. The number of nitrogens with zero attached hydrogens (tertiary/aromatic N) is 2. The summed E-state index contributed by atoms with van der Waals surface area (Å²) < 4.78 is 0. The van der Waals surface area contributed by atoms with Gasteiger partial charge in [0.1, 0.15) is 0 Å². The van der Waals surface area contributed by atoms with Crippen LogP contribution in [0.5, 0.6) is 0 Å². The lowest BCUT2D eigenvalue weighted by Gasteiger charge is -2.04. The lowest BCUT2D eigenvalue weighted by atomic mass is 10.1. The number of carboxylic acid groups (broad SMARTS) is 1. The Balaban J connectivity index is 2.00. The number of thiazole rings is 2. The summed E-state index contributed by atoms with van der Waals surface area (Å²) in [7, 11) is 0. The summed E-state index contributed by atoms with van der Waals surface area (Å²) in [6.07, 6.45) is 3.03. The normalized spacial score (nSPS) is 14.1. The first kappa shape index (κ1) is 11.4. The summed E-state index contributed by atoms with van der Waals surface area (Å²) in [6.45, 7) is 0. The Hall–Kier alpha value is -1.73. The van der Waals surface area contributed by atoms with Crippen LogP contribution < -0.4 is 0 Å². The van der Waals surface area contributed by atoms with Crippen LogP contribution in [0.2, 0.25) is 0 Å². The van der Waals surface area contributed by atoms with E-state index in [2.05, 4.69) is 9.97 Å². The van der Waals surface area contributed by atoms with Crippen molar-refractivity contribution < 1.29 is 15.0 Å². The van der Waals surface area contributed by atoms with Gasteiger partial charge in [-0.15, -0.1) is 22.7 Å². The number of hydrogen-bond donors (Lipinski definition) is 2. The lowest BCUT2D eigenvalue weighted by molar-refractivity contribution is 0.0691. The predicted octanol–water partition coefficient (Wildman–Crippen LogP) is 2.81. The minimum atomic E-state index is -1.03. The first-order valence-corrected chi connectivity index (χ1v) is 6.91. The molecule has 7 heteroatoms. The Labute approximate surface area is 110 Å². The molecule has 0 atom stereocenters. The Morgan fingerprint density at radius 1 is 1.28 bits per heavy atom. The van der Waals surface area contributed by atoms with Crippen molar-refractivity contribution in [2.75, 3.05) is 0 Å². The molecule has 1 aliphatic carbocycles. The first-order valence-electron chi connectivity index (χ1n) is 5.22. The summed E-state index contributed by atoms with van der Waals surface area (Å²) in [5.74, 6) is -0.667. The number of aliphatic hydroxyl groups excluding tert-OH is 1. The van der Waals surface area contributed by atoms with Crippen LogP contribution in [0.1, 0.15) is 27.5 Å². The van der Waals surface area contributed by atoms with E-state index in [9.17, 15) is 9.90 Å². The zero-order valence-electron chi connectivity index (χ0n) is 9.08. The number of fused-ring (bicyclic) bond motifs is 1. The Bertz CT molecular complexity index is 657. The van der Waals surface area contributed by atoms with E-state index >= 15 is 0 Å². The number of aromatic nitrogens is 2. The number of aromatic carboxylic acids is 1. The quantitative estimate of drug-likeness (QED) is 0.883. The molecule has 92 valence electrons. The highest BCUT2D eigenvalue weighted by molar-refractivity contribution is 7.21. The number of aryl methyl sites for hydroxylation is 1. The van der Waals surface area contributed by atoms with Gasteiger partial charge in [-0.3, -0.25) is 0 Å². The van der Waals surface area contributed by atoms with Gasteiger partial charge in [-0.1, -0.05) is 0 Å². The molecule has 0 aliphatic heterocycles. The first-order chi connectivity index (χ1) is 8.63. The van der Waals surface area contributed by atoms with E-state index < -0.39 is 5.97 Å². The van der Waals surface area contributed by atoms with Crippen LogP contribution >= 0.6 is 22.7 Å². The average molecular weight is 280 g/mol. The minimum absolute atomic E-state index is 0.0431. The molecule has 0 fully saturated rings. The van der Waals surface area contributed by atoms with Crippen molar-refractivity contribution in [1.29, 1.82) is 0 Å². The molecule has 3 rings (SSSR count). The smallest absolute Gasteiger partial charge is 0.355 e. The number of hydrogen-bond acceptors (Lipinski definition) is 6. The number of carboxylic acids is 1. The largest absolute Gasteiger partial charge is 0.512 e. The fourth-order valence-electron chi connectivity index (χ4n) is 1.69. The van der Waals surface area contributed by atoms with Gasteiger partial charge in [-0.2, -0.15) is 0 Å². The maximum Gasteiger partial charge on any atom is 0.355 e. The molecule has 0 radical (unpaired) electrons. The van der Waals surface area contributed by atoms with Crippen LogP contribution in [0.25, 0.3) is 16.1 Å². The molecule has 2 aromatic heterocycles. The van der Waals surface area contributed by atoms with Crippen molar-refractivity contribution in [2.24, 2.45) is 0 Å². The van der Waals surface area contributed by atoms with Crippen molar-refractivity contribution in [3.05, 3.63) is 27.4 Å². The standard InChI is InChI=1S/C11H8N2O3S2/c14-5-1-2-6-8(3-5)18-10(12-6)9-13-7(4-17-9)11(15)16/h3-4,14H,1-2H2,(H,15,16). The van der Waals surface area contributed by atoms with Gasteiger partial charge in [0.2, 0.25) is 0 Å². The monoisotopic (exact) mass is 280 g/mol. The zero-order valence-corrected chi connectivity index (χ0v) is 10.7. The zero-order chi connectivity index (χ0) is 12.7. The molecule has 2 N–H and O–H groups in total. The van der Waals surface area contributed by atoms with Crippen molar-refractivity contribution in [1.82, 2.24) is 9.97 Å². The molecule has 0 saturated carbocycles. The third-order valence-corrected chi connectivity index (χ3v) is 4.58. The van der Waals surface area contributed by atoms with Crippen LogP contribution in [-0.4, -0.2) is 26.2 Å². The van der Waals surface area contributed by atoms with Gasteiger partial charge in [-0.05, 0) is 12.5 Å². The Morgan fingerprint density at radius 3 is 2.83 bits per heavy atom. The second-order valence-corrected chi connectivity index (χ2v) is 5.70. The number of aliphatic hydroxyl groups is 1. The van der Waals surface area contributed by atoms with Gasteiger partial charge in [0.05, 0.1) is 16.3 Å². The Morgan fingerprint density at radius 2 is 2.11 bits per heavy atom. The third kappa shape index (κ3) is 1.91. The maximum absolute atomic E-state index is 10.8. The highest BCUT2D eigenvalue weighted by Crippen LogP contribution is 2.34. The van der Waals surface area contributed by atoms with Crippen LogP contribution in [0, 0.1) is 0 Å². The van der Waals surface area contributed by atoms with E-state index in [-0.39, 0.29) is 5.69 Å². The van der Waals surface area contributed by atoms with E-state index in [0.29, 0.717) is 28.6 Å². The van der Waals surface area contributed by atoms with Crippen LogP contribution in [0.4, 0.5) is 0 Å². The molecule has 0 saturated heterocycles. The van der Waals surface area contributed by atoms with E-state index in [1.165, 1.54) is 28.1 Å². The molecular formula is C11H8N2O3S2. The van der Waals surface area contributed by atoms with Crippen molar-refractivity contribution in [3.63, 3.8) is 0 Å². The van der Waals surface area contributed by atoms with Gasteiger partial charge in [-0.25, -0.2) is 14.8 Å². The van der Waals surface area contributed by atoms with Crippen molar-refractivity contribution in [3.8, 4) is 10.0 Å². The maximum atomic E-state index is 10.8. The van der Waals surface area contributed by atoms with Gasteiger partial charge in [0.25, 0.3) is 0 Å². The fourth-order valence-corrected chi connectivity index (χ4v) is 3.59. The van der Waals surface area contributed by atoms with Crippen molar-refractivity contribution >= 4 is 34.7 Å². The van der Waals surface area contributed by atoms with Gasteiger partial charge < -0.3 is 10.2 Å². The molecule has 2 heterocycles. The summed E-state index contributed by atoms with van der Waals surface area (Å²) >= 11 is 2.69. The van der Waals surface area contributed by atoms with Crippen LogP contribution in [0.15, 0.2) is 11.1 Å². The highest BCUT2D eigenvalue weighted by Gasteiger charge is 2.18. The highest BCUT2D eigenvalue weighted by atomic mass is 32.1. The number of rotatable bonds is 2. The SMILES string of the molecule is O=C(O)c1csc(-c2nc3c(s2)C=C(O)CC3)n1. The van der Waals surface area contributed by atoms with Crippen molar-refractivity contribution in [2.45, 2.75) is 12.8 Å². The second kappa shape index (κ2) is 4.18. The topological polar surface area (TPSA) is 83.3 Å². The van der Waals surface area contributed by atoms with Crippen LogP contribution in [-0.2, 0) is 6.42 Å². The van der Waals surface area contributed by atoms with Gasteiger partial charge >= 0.3 is 5.97 Å². The molecule has 1 aliphatic rings. The fraction of sp³-hybridized carbons (Fsp3) is 0.182. The van der Waals surface area contributed by atoms with Gasteiger partial charge in [0, 0.05) is 11.8 Å². The second-order valence-electron chi connectivity index (χ2n) is 3.81. The van der Waals surface area contributed by atoms with E-state index in [4.69, 9.17) is 5.11 Å². The minimum Gasteiger partial charge on any atom is -0.512 e. The summed E-state index contributed by atoms with van der Waals surface area (Å²) in [6, 6.07) is 0. The molecule has 0 spiro atoms. The molecule has 5 nitrogen and oxygen atoms in total. The number of carbonyl (C=O) groups is 1. The summed E-state index contributed by atoms with van der Waals surface area (Å²) in [5, 5.41) is 21.1. The van der Waals surface area contributed by atoms with Crippen LogP contribution in [0.3, 0.4) is 0 Å². The molecule has 2 aromatic rings. The molecule has 0 aromatic carbocycles. The van der Waals surface area contributed by atoms with E-state index in [1.807, 2.05) is 0 Å².